The molecule has 1 aromatic carbocycles. The summed E-state index contributed by atoms with van der Waals surface area (Å²) in [6, 6.07) is 8.40. The minimum absolute atomic E-state index is 0.208. The second kappa shape index (κ2) is 5.07. The van der Waals surface area contributed by atoms with Gasteiger partial charge in [0.1, 0.15) is 5.75 Å². The summed E-state index contributed by atoms with van der Waals surface area (Å²) in [5.41, 5.74) is 4.48. The second-order valence-corrected chi connectivity index (χ2v) is 5.24. The zero-order valence-corrected chi connectivity index (χ0v) is 10.7. The first-order valence-electron chi connectivity index (χ1n) is 6.30. The molecule has 1 atom stereocenters. The van der Waals surface area contributed by atoms with Gasteiger partial charge in [-0.3, -0.25) is 11.3 Å². The van der Waals surface area contributed by atoms with Crippen LogP contribution in [0.3, 0.4) is 0 Å². The largest absolute Gasteiger partial charge is 0.497 e. The molecule has 0 amide bonds. The fourth-order valence-corrected chi connectivity index (χ4v) is 2.99. The van der Waals surface area contributed by atoms with E-state index in [0.29, 0.717) is 0 Å². The molecule has 0 radical (unpaired) electrons. The summed E-state index contributed by atoms with van der Waals surface area (Å²) in [4.78, 5) is 0. The number of ether oxygens (including phenoxy) is 1. The van der Waals surface area contributed by atoms with Crippen LogP contribution in [0.15, 0.2) is 24.3 Å². The van der Waals surface area contributed by atoms with Crippen LogP contribution in [0.2, 0.25) is 0 Å². The van der Waals surface area contributed by atoms with Crippen LogP contribution in [0, 0.1) is 5.41 Å². The van der Waals surface area contributed by atoms with E-state index >= 15 is 0 Å². The first kappa shape index (κ1) is 12.4. The van der Waals surface area contributed by atoms with E-state index in [1.54, 1.807) is 7.11 Å². The Bertz CT molecular complexity index is 372. The van der Waals surface area contributed by atoms with Crippen molar-refractivity contribution in [1.82, 2.24) is 5.43 Å². The number of nitrogens with two attached hydrogens (primary N) is 1. The molecule has 17 heavy (non-hydrogen) atoms. The summed E-state index contributed by atoms with van der Waals surface area (Å²) in [5.74, 6) is 6.66. The van der Waals surface area contributed by atoms with Gasteiger partial charge < -0.3 is 4.74 Å². The van der Waals surface area contributed by atoms with Crippen molar-refractivity contribution in [2.24, 2.45) is 11.3 Å². The SMILES string of the molecule is COc1cccc(C(NN)C2(C)CCCC2)c1. The molecule has 0 spiro atoms. The molecule has 3 N–H and O–H groups in total. The Labute approximate surface area is 103 Å². The summed E-state index contributed by atoms with van der Waals surface area (Å²) < 4.78 is 5.28. The topological polar surface area (TPSA) is 47.3 Å². The van der Waals surface area contributed by atoms with Gasteiger partial charge in [-0.1, -0.05) is 31.9 Å². The molecular formula is C14H22N2O. The van der Waals surface area contributed by atoms with Crippen molar-refractivity contribution < 1.29 is 4.74 Å². The minimum atomic E-state index is 0.208. The van der Waals surface area contributed by atoms with E-state index in [1.807, 2.05) is 12.1 Å². The van der Waals surface area contributed by atoms with Gasteiger partial charge >= 0.3 is 0 Å². The molecule has 3 heteroatoms. The number of hydrogen-bond donors (Lipinski definition) is 2. The lowest BCUT2D eigenvalue weighted by molar-refractivity contribution is 0.224. The number of hydrazine groups is 1. The van der Waals surface area contributed by atoms with Gasteiger partial charge in [0.05, 0.1) is 13.2 Å². The molecule has 0 heterocycles. The maximum absolute atomic E-state index is 5.77. The van der Waals surface area contributed by atoms with Gasteiger partial charge in [-0.15, -0.1) is 0 Å². The molecule has 1 aliphatic carbocycles. The maximum Gasteiger partial charge on any atom is 0.119 e. The van der Waals surface area contributed by atoms with Gasteiger partial charge in [-0.2, -0.15) is 0 Å². The van der Waals surface area contributed by atoms with Gasteiger partial charge in [0.15, 0.2) is 0 Å². The monoisotopic (exact) mass is 234 g/mol. The highest BCUT2D eigenvalue weighted by Gasteiger charge is 2.37. The number of rotatable bonds is 4. The Hall–Kier alpha value is -1.06. The molecule has 0 aliphatic heterocycles. The smallest absolute Gasteiger partial charge is 0.119 e. The van der Waals surface area contributed by atoms with Crippen molar-refractivity contribution in [2.45, 2.75) is 38.6 Å². The zero-order chi connectivity index (χ0) is 12.3. The Kier molecular flexibility index (Phi) is 3.69. The van der Waals surface area contributed by atoms with Gasteiger partial charge in [0.25, 0.3) is 0 Å². The van der Waals surface area contributed by atoms with Crippen LogP contribution < -0.4 is 16.0 Å². The first-order valence-corrected chi connectivity index (χ1v) is 6.30. The van der Waals surface area contributed by atoms with Crippen molar-refractivity contribution in [2.75, 3.05) is 7.11 Å². The van der Waals surface area contributed by atoms with Gasteiger partial charge in [0.2, 0.25) is 0 Å². The summed E-state index contributed by atoms with van der Waals surface area (Å²) in [5, 5.41) is 0. The number of hydrogen-bond acceptors (Lipinski definition) is 3. The van der Waals surface area contributed by atoms with E-state index in [9.17, 15) is 0 Å². The third-order valence-corrected chi connectivity index (χ3v) is 4.04. The van der Waals surface area contributed by atoms with Gasteiger partial charge in [-0.05, 0) is 36.0 Å². The van der Waals surface area contributed by atoms with Crippen LogP contribution in [0.25, 0.3) is 0 Å². The minimum Gasteiger partial charge on any atom is -0.497 e. The van der Waals surface area contributed by atoms with Crippen molar-refractivity contribution in [1.29, 1.82) is 0 Å². The van der Waals surface area contributed by atoms with E-state index in [-0.39, 0.29) is 11.5 Å². The van der Waals surface area contributed by atoms with Crippen LogP contribution in [0.4, 0.5) is 0 Å². The van der Waals surface area contributed by atoms with Crippen LogP contribution in [-0.2, 0) is 0 Å². The number of benzene rings is 1. The second-order valence-electron chi connectivity index (χ2n) is 5.24. The summed E-state index contributed by atoms with van der Waals surface area (Å²) in [6.45, 7) is 2.32. The molecule has 1 saturated carbocycles. The molecule has 2 rings (SSSR count). The first-order chi connectivity index (χ1) is 8.19. The fraction of sp³-hybridized carbons (Fsp3) is 0.571. The standard InChI is InChI=1S/C14H22N2O/c1-14(8-3-4-9-14)13(16-15)11-6-5-7-12(10-11)17-2/h5-7,10,13,16H,3-4,8-9,15H2,1-2H3. The summed E-state index contributed by atoms with van der Waals surface area (Å²) >= 11 is 0. The molecule has 1 unspecified atom stereocenters. The molecule has 0 bridgehead atoms. The lowest BCUT2D eigenvalue weighted by Gasteiger charge is -2.34. The molecule has 3 nitrogen and oxygen atoms in total. The predicted octanol–water partition coefficient (Wildman–Crippen LogP) is 2.78. The lowest BCUT2D eigenvalue weighted by Crippen LogP contribution is -2.38. The normalized spacial score (nSPS) is 20.2. The van der Waals surface area contributed by atoms with Crippen molar-refractivity contribution in [3.8, 4) is 5.75 Å². The van der Waals surface area contributed by atoms with Crippen LogP contribution in [-0.4, -0.2) is 7.11 Å². The maximum atomic E-state index is 5.77. The Balaban J connectivity index is 2.27. The highest BCUT2D eigenvalue weighted by atomic mass is 16.5. The quantitative estimate of drug-likeness (QED) is 0.622. The third-order valence-electron chi connectivity index (χ3n) is 4.04. The molecular weight excluding hydrogens is 212 g/mol. The fourth-order valence-electron chi connectivity index (χ4n) is 2.99. The Morgan fingerprint density at radius 3 is 2.65 bits per heavy atom. The van der Waals surface area contributed by atoms with E-state index in [2.05, 4.69) is 24.5 Å². The van der Waals surface area contributed by atoms with Crippen molar-refractivity contribution in [3.63, 3.8) is 0 Å². The van der Waals surface area contributed by atoms with E-state index in [0.717, 1.165) is 5.75 Å². The molecule has 0 aromatic heterocycles. The predicted molar refractivity (Wildman–Crippen MR) is 69.6 cm³/mol. The Morgan fingerprint density at radius 2 is 2.06 bits per heavy atom. The lowest BCUT2D eigenvalue weighted by atomic mass is 9.77. The molecule has 1 fully saturated rings. The third kappa shape index (κ3) is 2.45. The van der Waals surface area contributed by atoms with E-state index in [4.69, 9.17) is 10.6 Å². The van der Waals surface area contributed by atoms with Crippen molar-refractivity contribution >= 4 is 0 Å². The van der Waals surface area contributed by atoms with Gasteiger partial charge in [-0.25, -0.2) is 0 Å². The number of methoxy groups -OCH3 is 1. The van der Waals surface area contributed by atoms with Crippen LogP contribution in [0.5, 0.6) is 5.75 Å². The molecule has 94 valence electrons. The Morgan fingerprint density at radius 1 is 1.35 bits per heavy atom. The summed E-state index contributed by atoms with van der Waals surface area (Å²) in [7, 11) is 1.70. The number of nitrogens with one attached hydrogen (secondary N) is 1. The van der Waals surface area contributed by atoms with E-state index in [1.165, 1.54) is 31.2 Å². The van der Waals surface area contributed by atoms with Crippen molar-refractivity contribution in [3.05, 3.63) is 29.8 Å². The van der Waals surface area contributed by atoms with Crippen LogP contribution in [0.1, 0.15) is 44.2 Å². The average Bonchev–Trinajstić information content (AvgIpc) is 2.78. The summed E-state index contributed by atoms with van der Waals surface area (Å²) in [6.07, 6.45) is 5.08. The van der Waals surface area contributed by atoms with E-state index < -0.39 is 0 Å². The highest BCUT2D eigenvalue weighted by Crippen LogP contribution is 2.47. The molecule has 1 aliphatic rings. The molecule has 1 aromatic rings. The highest BCUT2D eigenvalue weighted by molar-refractivity contribution is 5.31. The average molecular weight is 234 g/mol. The van der Waals surface area contributed by atoms with Crippen LogP contribution >= 0.6 is 0 Å². The molecule has 0 saturated heterocycles. The van der Waals surface area contributed by atoms with Gasteiger partial charge in [0, 0.05) is 0 Å². The zero-order valence-electron chi connectivity index (χ0n) is 10.7.